The van der Waals surface area contributed by atoms with Crippen LogP contribution in [0, 0.1) is 0 Å². The summed E-state index contributed by atoms with van der Waals surface area (Å²) in [7, 11) is 0. The van der Waals surface area contributed by atoms with Crippen LogP contribution in [0.5, 0.6) is 0 Å². The Balaban J connectivity index is 1.68. The first kappa shape index (κ1) is 16.6. The Morgan fingerprint density at radius 1 is 1.27 bits per heavy atom. The zero-order valence-electron chi connectivity index (χ0n) is 14.8. The van der Waals surface area contributed by atoms with Gasteiger partial charge in [0.15, 0.2) is 0 Å². The minimum atomic E-state index is -0.308. The van der Waals surface area contributed by atoms with Gasteiger partial charge in [0.1, 0.15) is 5.56 Å². The molecule has 1 aromatic carbocycles. The van der Waals surface area contributed by atoms with Gasteiger partial charge in [-0.2, -0.15) is 0 Å². The number of aromatic nitrogens is 3. The molecule has 1 fully saturated rings. The Hall–Kier alpha value is -2.89. The molecule has 1 aliphatic heterocycles. The van der Waals surface area contributed by atoms with Gasteiger partial charge >= 0.3 is 5.97 Å². The van der Waals surface area contributed by atoms with E-state index in [1.54, 1.807) is 6.20 Å². The monoisotopic (exact) mass is 350 g/mol. The zero-order valence-corrected chi connectivity index (χ0v) is 14.8. The first-order chi connectivity index (χ1) is 12.8. The van der Waals surface area contributed by atoms with Crippen LogP contribution in [0.25, 0.3) is 10.9 Å². The van der Waals surface area contributed by atoms with Gasteiger partial charge in [-0.25, -0.2) is 9.78 Å². The van der Waals surface area contributed by atoms with E-state index in [1.165, 1.54) is 0 Å². The molecule has 1 aliphatic rings. The molecule has 0 radical (unpaired) electrons. The predicted octanol–water partition coefficient (Wildman–Crippen LogP) is 3.45. The lowest BCUT2D eigenvalue weighted by Gasteiger charge is -2.35. The van der Waals surface area contributed by atoms with Crippen LogP contribution in [0.4, 0.5) is 5.69 Å². The molecule has 6 heteroatoms. The fourth-order valence-corrected chi connectivity index (χ4v) is 3.70. The third-order valence-corrected chi connectivity index (χ3v) is 4.97. The van der Waals surface area contributed by atoms with Gasteiger partial charge in [-0.05, 0) is 25.8 Å². The number of benzene rings is 1. The number of anilines is 1. The molecule has 6 nitrogen and oxygen atoms in total. The Bertz CT molecular complexity index is 899. The number of esters is 1. The van der Waals surface area contributed by atoms with Crippen LogP contribution < -0.4 is 4.90 Å². The number of pyridine rings is 1. The summed E-state index contributed by atoms with van der Waals surface area (Å²) < 4.78 is 7.45. The molecule has 2 aromatic heterocycles. The lowest BCUT2D eigenvalue weighted by molar-refractivity contribution is 0.0526. The number of carbonyl (C=O) groups excluding carboxylic acids is 1. The highest BCUT2D eigenvalue weighted by molar-refractivity contribution is 6.05. The number of carbonyl (C=O) groups is 1. The molecular formula is C20H22N4O2. The van der Waals surface area contributed by atoms with E-state index >= 15 is 0 Å². The van der Waals surface area contributed by atoms with Gasteiger partial charge in [0.25, 0.3) is 0 Å². The van der Waals surface area contributed by atoms with Crippen LogP contribution in [0.1, 0.15) is 36.2 Å². The molecular weight excluding hydrogens is 328 g/mol. The fourth-order valence-electron chi connectivity index (χ4n) is 3.70. The number of hydrogen-bond acceptors (Lipinski definition) is 5. The van der Waals surface area contributed by atoms with Crippen molar-refractivity contribution in [1.29, 1.82) is 0 Å². The van der Waals surface area contributed by atoms with Crippen LogP contribution in [-0.2, 0) is 4.74 Å². The summed E-state index contributed by atoms with van der Waals surface area (Å²) in [6.45, 7) is 3.93. The van der Waals surface area contributed by atoms with Crippen LogP contribution >= 0.6 is 0 Å². The van der Waals surface area contributed by atoms with Gasteiger partial charge in [0.05, 0.1) is 24.1 Å². The number of nitrogens with zero attached hydrogens (tertiary/aromatic N) is 4. The number of piperidine rings is 1. The quantitative estimate of drug-likeness (QED) is 0.675. The molecule has 4 rings (SSSR count). The summed E-state index contributed by atoms with van der Waals surface area (Å²) in [5.74, 6) is -0.308. The first-order valence-electron chi connectivity index (χ1n) is 9.05. The van der Waals surface area contributed by atoms with Crippen molar-refractivity contribution < 1.29 is 9.53 Å². The third kappa shape index (κ3) is 3.03. The molecule has 26 heavy (non-hydrogen) atoms. The highest BCUT2D eigenvalue weighted by atomic mass is 16.5. The number of ether oxygens (including phenoxy) is 1. The first-order valence-corrected chi connectivity index (χ1v) is 9.05. The molecule has 3 aromatic rings. The fraction of sp³-hybridized carbons (Fsp3) is 0.350. The molecule has 1 saturated heterocycles. The van der Waals surface area contributed by atoms with Crippen LogP contribution in [-0.4, -0.2) is 40.2 Å². The smallest absolute Gasteiger partial charge is 0.341 e. The van der Waals surface area contributed by atoms with Crippen molar-refractivity contribution in [1.82, 2.24) is 14.5 Å². The van der Waals surface area contributed by atoms with Gasteiger partial charge in [0.2, 0.25) is 0 Å². The average Bonchev–Trinajstić information content (AvgIpc) is 3.22. The standard InChI is InChI=1S/C20H22N4O2/c1-2-26-20(25)17-13-22-18-6-4-3-5-16(18)19(17)23-10-7-15(8-11-23)24-12-9-21-14-24/h3-6,9,12-15H,2,7-8,10-11H2,1H3. The second kappa shape index (κ2) is 7.15. The van der Waals surface area contributed by atoms with E-state index < -0.39 is 0 Å². The second-order valence-corrected chi connectivity index (χ2v) is 6.49. The van der Waals surface area contributed by atoms with E-state index in [9.17, 15) is 4.79 Å². The number of hydrogen-bond donors (Lipinski definition) is 0. The molecule has 134 valence electrons. The number of imidazole rings is 1. The van der Waals surface area contributed by atoms with Gasteiger partial charge in [-0.3, -0.25) is 4.98 Å². The summed E-state index contributed by atoms with van der Waals surface area (Å²) in [5, 5.41) is 0.999. The maximum absolute atomic E-state index is 12.5. The highest BCUT2D eigenvalue weighted by Crippen LogP contribution is 2.34. The van der Waals surface area contributed by atoms with Gasteiger partial charge < -0.3 is 14.2 Å². The third-order valence-electron chi connectivity index (χ3n) is 4.97. The summed E-state index contributed by atoms with van der Waals surface area (Å²) in [5.41, 5.74) is 2.39. The summed E-state index contributed by atoms with van der Waals surface area (Å²) >= 11 is 0. The van der Waals surface area contributed by atoms with Crippen LogP contribution in [0.2, 0.25) is 0 Å². The number of rotatable bonds is 4. The van der Waals surface area contributed by atoms with Gasteiger partial charge in [-0.1, -0.05) is 18.2 Å². The largest absolute Gasteiger partial charge is 0.462 e. The van der Waals surface area contributed by atoms with Gasteiger partial charge in [-0.15, -0.1) is 0 Å². The maximum atomic E-state index is 12.5. The minimum absolute atomic E-state index is 0.308. The normalized spacial score (nSPS) is 15.3. The molecule has 0 amide bonds. The Labute approximate surface area is 152 Å². The van der Waals surface area contributed by atoms with Crippen molar-refractivity contribution in [2.75, 3.05) is 24.6 Å². The number of fused-ring (bicyclic) bond motifs is 1. The lowest BCUT2D eigenvalue weighted by atomic mass is 10.0. The van der Waals surface area contributed by atoms with Crippen molar-refractivity contribution in [2.45, 2.75) is 25.8 Å². The summed E-state index contributed by atoms with van der Waals surface area (Å²) in [6.07, 6.45) is 9.39. The predicted molar refractivity (Wildman–Crippen MR) is 100 cm³/mol. The molecule has 0 saturated carbocycles. The van der Waals surface area contributed by atoms with Crippen LogP contribution in [0.3, 0.4) is 0 Å². The van der Waals surface area contributed by atoms with E-state index in [0.29, 0.717) is 18.2 Å². The summed E-state index contributed by atoms with van der Waals surface area (Å²) in [4.78, 5) is 23.4. The lowest BCUT2D eigenvalue weighted by Crippen LogP contribution is -2.35. The van der Waals surface area contributed by atoms with Crippen LogP contribution in [0.15, 0.2) is 49.2 Å². The van der Waals surface area contributed by atoms with Crippen molar-refractivity contribution in [3.8, 4) is 0 Å². The molecule has 0 bridgehead atoms. The molecule has 0 N–H and O–H groups in total. The number of para-hydroxylation sites is 1. The highest BCUT2D eigenvalue weighted by Gasteiger charge is 2.26. The van der Waals surface area contributed by atoms with E-state index in [-0.39, 0.29) is 5.97 Å². The SMILES string of the molecule is CCOC(=O)c1cnc2ccccc2c1N1CCC(n2ccnc2)CC1. The summed E-state index contributed by atoms with van der Waals surface area (Å²) in [6, 6.07) is 8.41. The van der Waals surface area contributed by atoms with E-state index in [2.05, 4.69) is 19.4 Å². The molecule has 0 atom stereocenters. The molecule has 0 unspecified atom stereocenters. The van der Waals surface area contributed by atoms with E-state index in [1.807, 2.05) is 49.9 Å². The van der Waals surface area contributed by atoms with Crippen molar-refractivity contribution in [2.24, 2.45) is 0 Å². The van der Waals surface area contributed by atoms with Gasteiger partial charge in [0, 0.05) is 43.1 Å². The Kier molecular flexibility index (Phi) is 4.56. The molecule has 3 heterocycles. The Morgan fingerprint density at radius 3 is 2.81 bits per heavy atom. The van der Waals surface area contributed by atoms with Crippen molar-refractivity contribution in [3.05, 3.63) is 54.7 Å². The topological polar surface area (TPSA) is 60.2 Å². The maximum Gasteiger partial charge on any atom is 0.341 e. The second-order valence-electron chi connectivity index (χ2n) is 6.49. The van der Waals surface area contributed by atoms with E-state index in [0.717, 1.165) is 42.5 Å². The minimum Gasteiger partial charge on any atom is -0.462 e. The van der Waals surface area contributed by atoms with Crippen molar-refractivity contribution >= 4 is 22.6 Å². The van der Waals surface area contributed by atoms with Crippen molar-refractivity contribution in [3.63, 3.8) is 0 Å². The average molecular weight is 350 g/mol. The molecule has 0 spiro atoms. The molecule has 0 aliphatic carbocycles. The zero-order chi connectivity index (χ0) is 17.9. The Morgan fingerprint density at radius 2 is 2.08 bits per heavy atom. The van der Waals surface area contributed by atoms with E-state index in [4.69, 9.17) is 4.74 Å².